The summed E-state index contributed by atoms with van der Waals surface area (Å²) in [7, 11) is 0. The monoisotopic (exact) mass is 523 g/mol. The highest BCUT2D eigenvalue weighted by Crippen LogP contribution is 2.29. The lowest BCUT2D eigenvalue weighted by Crippen LogP contribution is -2.57. The predicted octanol–water partition coefficient (Wildman–Crippen LogP) is 2.92. The molecule has 0 saturated carbocycles. The first kappa shape index (κ1) is 28.8. The summed E-state index contributed by atoms with van der Waals surface area (Å²) in [6.07, 6.45) is -0.0958. The summed E-state index contributed by atoms with van der Waals surface area (Å²) in [6.45, 7) is 7.54. The van der Waals surface area contributed by atoms with Crippen molar-refractivity contribution in [2.45, 2.75) is 70.9 Å². The molecule has 204 valence electrons. The second-order valence-corrected chi connectivity index (χ2v) is 10.3. The molecule has 0 unspecified atom stereocenters. The zero-order valence-corrected chi connectivity index (χ0v) is 22.4. The Morgan fingerprint density at radius 1 is 0.842 bits per heavy atom. The van der Waals surface area contributed by atoms with Gasteiger partial charge in [-0.15, -0.1) is 0 Å². The number of nitrogens with one attached hydrogen (secondary N) is 3. The van der Waals surface area contributed by atoms with Crippen molar-refractivity contribution in [1.29, 1.82) is 0 Å². The van der Waals surface area contributed by atoms with Crippen LogP contribution in [0.2, 0.25) is 0 Å². The van der Waals surface area contributed by atoms with Gasteiger partial charge in [-0.1, -0.05) is 74.5 Å². The molecule has 38 heavy (non-hydrogen) atoms. The van der Waals surface area contributed by atoms with Crippen LogP contribution >= 0.6 is 0 Å². The van der Waals surface area contributed by atoms with Gasteiger partial charge in [0.25, 0.3) is 0 Å². The van der Waals surface area contributed by atoms with E-state index in [4.69, 9.17) is 9.47 Å². The number of hydrogen-bond donors (Lipinski definition) is 3. The summed E-state index contributed by atoms with van der Waals surface area (Å²) in [5.74, 6) is -1.06. The molecule has 1 saturated heterocycles. The summed E-state index contributed by atoms with van der Waals surface area (Å²) in [5.41, 5.74) is 0.763. The van der Waals surface area contributed by atoms with Gasteiger partial charge in [0, 0.05) is 6.42 Å². The van der Waals surface area contributed by atoms with Crippen LogP contribution in [-0.4, -0.2) is 54.0 Å². The lowest BCUT2D eigenvalue weighted by Gasteiger charge is -2.26. The van der Waals surface area contributed by atoms with Crippen molar-refractivity contribution in [3.63, 3.8) is 0 Å². The van der Waals surface area contributed by atoms with Gasteiger partial charge < -0.3 is 25.4 Å². The topological polar surface area (TPSA) is 126 Å². The van der Waals surface area contributed by atoms with Gasteiger partial charge in [-0.3, -0.25) is 14.4 Å². The average molecular weight is 524 g/mol. The number of benzene rings is 2. The zero-order valence-electron chi connectivity index (χ0n) is 22.4. The summed E-state index contributed by atoms with van der Waals surface area (Å²) in [5, 5.41) is 8.07. The minimum atomic E-state index is -0.968. The number of alkyl carbamates (subject to hydrolysis) is 1. The Morgan fingerprint density at radius 2 is 1.39 bits per heavy atom. The maximum Gasteiger partial charge on any atom is 0.408 e. The quantitative estimate of drug-likeness (QED) is 0.347. The molecule has 2 aromatic rings. The molecule has 9 nitrogen and oxygen atoms in total. The molecule has 1 heterocycles. The molecule has 0 aromatic heterocycles. The largest absolute Gasteiger partial charge is 0.445 e. The standard InChI is InChI=1S/C29H37N3O6/c1-19(2)15-23(25(33)29(4)18-38-29)31-27(35)24(16-21-11-7-5-8-12-21)32-26(34)20(3)30-28(36)37-17-22-13-9-6-10-14-22/h5-14,19-20,23-24H,15-18H2,1-4H3,(H,30,36)(H,31,35)(H,32,34)/t20-,23-,24-,29+/m0/s1. The van der Waals surface area contributed by atoms with Crippen LogP contribution in [0.1, 0.15) is 45.2 Å². The Bertz CT molecular complexity index is 1100. The summed E-state index contributed by atoms with van der Waals surface area (Å²) >= 11 is 0. The van der Waals surface area contributed by atoms with Crippen LogP contribution in [0.3, 0.4) is 0 Å². The lowest BCUT2D eigenvalue weighted by molar-refractivity contribution is -0.133. The van der Waals surface area contributed by atoms with Gasteiger partial charge in [-0.05, 0) is 37.3 Å². The van der Waals surface area contributed by atoms with Crippen molar-refractivity contribution in [3.05, 3.63) is 71.8 Å². The fourth-order valence-electron chi connectivity index (χ4n) is 3.96. The van der Waals surface area contributed by atoms with E-state index in [9.17, 15) is 19.2 Å². The number of epoxide rings is 1. The van der Waals surface area contributed by atoms with Crippen molar-refractivity contribution >= 4 is 23.7 Å². The Hall–Kier alpha value is -3.72. The van der Waals surface area contributed by atoms with E-state index in [2.05, 4.69) is 16.0 Å². The molecule has 0 bridgehead atoms. The Labute approximate surface area is 223 Å². The molecule has 3 amide bonds. The SMILES string of the molecule is CC(C)C[C@H](NC(=O)[C@H](Cc1ccccc1)NC(=O)[C@H](C)NC(=O)OCc1ccccc1)C(=O)[C@@]1(C)CO1. The van der Waals surface area contributed by atoms with Crippen molar-refractivity contribution in [3.8, 4) is 0 Å². The number of amides is 3. The third-order valence-corrected chi connectivity index (χ3v) is 6.29. The van der Waals surface area contributed by atoms with E-state index in [1.54, 1.807) is 6.92 Å². The summed E-state index contributed by atoms with van der Waals surface area (Å²) in [6, 6.07) is 15.8. The molecule has 2 aromatic carbocycles. The Morgan fingerprint density at radius 3 is 1.95 bits per heavy atom. The number of ketones is 1. The molecular formula is C29H37N3O6. The maximum atomic E-state index is 13.4. The van der Waals surface area contributed by atoms with Crippen LogP contribution < -0.4 is 16.0 Å². The van der Waals surface area contributed by atoms with Crippen LogP contribution in [0.5, 0.6) is 0 Å². The molecule has 0 aliphatic carbocycles. The molecule has 0 spiro atoms. The second kappa shape index (κ2) is 13.2. The number of rotatable bonds is 13. The second-order valence-electron chi connectivity index (χ2n) is 10.3. The number of carbonyl (C=O) groups excluding carboxylic acids is 4. The zero-order chi connectivity index (χ0) is 27.7. The van der Waals surface area contributed by atoms with Crippen LogP contribution in [0.4, 0.5) is 4.79 Å². The smallest absolute Gasteiger partial charge is 0.408 e. The third-order valence-electron chi connectivity index (χ3n) is 6.29. The van der Waals surface area contributed by atoms with Crippen LogP contribution in [-0.2, 0) is 36.9 Å². The van der Waals surface area contributed by atoms with Crippen molar-refractivity contribution in [1.82, 2.24) is 16.0 Å². The Kier molecular flexibility index (Phi) is 10.0. The average Bonchev–Trinajstić information content (AvgIpc) is 3.65. The molecule has 4 atom stereocenters. The van der Waals surface area contributed by atoms with Gasteiger partial charge in [0.15, 0.2) is 5.78 Å². The highest BCUT2D eigenvalue weighted by atomic mass is 16.6. The fourth-order valence-corrected chi connectivity index (χ4v) is 3.96. The first-order valence-electron chi connectivity index (χ1n) is 12.9. The first-order chi connectivity index (χ1) is 18.1. The van der Waals surface area contributed by atoms with E-state index in [1.165, 1.54) is 6.92 Å². The van der Waals surface area contributed by atoms with E-state index in [0.29, 0.717) is 13.0 Å². The molecule has 1 aliphatic heterocycles. The van der Waals surface area contributed by atoms with E-state index < -0.39 is 41.6 Å². The summed E-state index contributed by atoms with van der Waals surface area (Å²) in [4.78, 5) is 51.6. The van der Waals surface area contributed by atoms with Gasteiger partial charge in [0.1, 0.15) is 24.3 Å². The van der Waals surface area contributed by atoms with E-state index in [-0.39, 0.29) is 24.7 Å². The van der Waals surface area contributed by atoms with Crippen LogP contribution in [0.15, 0.2) is 60.7 Å². The van der Waals surface area contributed by atoms with Crippen molar-refractivity contribution in [2.75, 3.05) is 6.61 Å². The van der Waals surface area contributed by atoms with Gasteiger partial charge in [0.2, 0.25) is 11.8 Å². The number of Topliss-reactive ketones (excluding diaryl/α,β-unsaturated/α-hetero) is 1. The van der Waals surface area contributed by atoms with Gasteiger partial charge in [-0.25, -0.2) is 4.79 Å². The van der Waals surface area contributed by atoms with Crippen LogP contribution in [0, 0.1) is 5.92 Å². The van der Waals surface area contributed by atoms with Gasteiger partial charge >= 0.3 is 6.09 Å². The Balaban J connectivity index is 1.65. The maximum absolute atomic E-state index is 13.4. The fraction of sp³-hybridized carbons (Fsp3) is 0.448. The molecule has 1 aliphatic rings. The van der Waals surface area contributed by atoms with Crippen molar-refractivity contribution < 1.29 is 28.7 Å². The summed E-state index contributed by atoms with van der Waals surface area (Å²) < 4.78 is 10.5. The molecular weight excluding hydrogens is 486 g/mol. The van der Waals surface area contributed by atoms with Crippen molar-refractivity contribution in [2.24, 2.45) is 5.92 Å². The van der Waals surface area contributed by atoms with Crippen LogP contribution in [0.25, 0.3) is 0 Å². The third kappa shape index (κ3) is 8.69. The van der Waals surface area contributed by atoms with E-state index in [0.717, 1.165) is 11.1 Å². The molecule has 0 radical (unpaired) electrons. The highest BCUT2D eigenvalue weighted by Gasteiger charge is 2.50. The van der Waals surface area contributed by atoms with E-state index in [1.807, 2.05) is 74.5 Å². The molecule has 3 N–H and O–H groups in total. The lowest BCUT2D eigenvalue weighted by atomic mass is 9.93. The number of hydrogen-bond acceptors (Lipinski definition) is 6. The van der Waals surface area contributed by atoms with E-state index >= 15 is 0 Å². The number of carbonyl (C=O) groups is 4. The van der Waals surface area contributed by atoms with Gasteiger partial charge in [0.05, 0.1) is 12.6 Å². The minimum absolute atomic E-state index is 0.0634. The first-order valence-corrected chi connectivity index (χ1v) is 12.9. The molecule has 1 fully saturated rings. The highest BCUT2D eigenvalue weighted by molar-refractivity contribution is 5.98. The predicted molar refractivity (Wildman–Crippen MR) is 142 cm³/mol. The number of ether oxygens (including phenoxy) is 2. The molecule has 9 heteroatoms. The molecule has 3 rings (SSSR count). The normalized spacial score (nSPS) is 18.6. The van der Waals surface area contributed by atoms with Gasteiger partial charge in [-0.2, -0.15) is 0 Å². The minimum Gasteiger partial charge on any atom is -0.445 e.